The zero-order chi connectivity index (χ0) is 12.6. The Labute approximate surface area is 111 Å². The molecule has 3 heteroatoms. The predicted octanol–water partition coefficient (Wildman–Crippen LogP) is 2.82. The molecule has 0 atom stereocenters. The molecule has 2 aliphatic heterocycles. The van der Waals surface area contributed by atoms with E-state index in [1.54, 1.807) is 0 Å². The van der Waals surface area contributed by atoms with Gasteiger partial charge in [-0.25, -0.2) is 0 Å². The summed E-state index contributed by atoms with van der Waals surface area (Å²) < 4.78 is 5.39. The van der Waals surface area contributed by atoms with Crippen molar-refractivity contribution in [3.8, 4) is 6.07 Å². The highest BCUT2D eigenvalue weighted by atomic mass is 16.5. The molecular formula is C15H26N2O. The molecule has 0 bridgehead atoms. The van der Waals surface area contributed by atoms with Gasteiger partial charge in [0, 0.05) is 19.1 Å². The van der Waals surface area contributed by atoms with Crippen molar-refractivity contribution < 1.29 is 4.74 Å². The lowest BCUT2D eigenvalue weighted by Gasteiger charge is -2.29. The molecule has 2 aliphatic rings. The van der Waals surface area contributed by atoms with Gasteiger partial charge in [0.2, 0.25) is 0 Å². The molecule has 0 aromatic carbocycles. The van der Waals surface area contributed by atoms with Crippen LogP contribution in [0.5, 0.6) is 0 Å². The summed E-state index contributed by atoms with van der Waals surface area (Å²) in [5.41, 5.74) is 0. The second kappa shape index (κ2) is 7.76. The van der Waals surface area contributed by atoms with Gasteiger partial charge in [0.1, 0.15) is 0 Å². The van der Waals surface area contributed by atoms with Crippen LogP contribution in [0.25, 0.3) is 0 Å². The van der Waals surface area contributed by atoms with E-state index >= 15 is 0 Å². The predicted molar refractivity (Wildman–Crippen MR) is 72.2 cm³/mol. The summed E-state index contributed by atoms with van der Waals surface area (Å²) in [5.74, 6) is 1.24. The van der Waals surface area contributed by atoms with Gasteiger partial charge in [0.15, 0.2) is 0 Å². The maximum atomic E-state index is 8.86. The van der Waals surface area contributed by atoms with E-state index in [-0.39, 0.29) is 0 Å². The van der Waals surface area contributed by atoms with E-state index in [2.05, 4.69) is 11.0 Å². The zero-order valence-electron chi connectivity index (χ0n) is 11.4. The van der Waals surface area contributed by atoms with Gasteiger partial charge in [-0.2, -0.15) is 5.26 Å². The van der Waals surface area contributed by atoms with Crippen LogP contribution in [0, 0.1) is 23.2 Å². The molecule has 3 nitrogen and oxygen atoms in total. The minimum Gasteiger partial charge on any atom is -0.381 e. The molecule has 0 radical (unpaired) electrons. The highest BCUT2D eigenvalue weighted by Gasteiger charge is 2.18. The number of nitrogens with zero attached hydrogens (tertiary/aromatic N) is 2. The van der Waals surface area contributed by atoms with Gasteiger partial charge in [-0.1, -0.05) is 12.8 Å². The van der Waals surface area contributed by atoms with Crippen LogP contribution in [0.1, 0.15) is 44.9 Å². The third kappa shape index (κ3) is 4.59. The summed E-state index contributed by atoms with van der Waals surface area (Å²) in [6.45, 7) is 5.46. The minimum absolute atomic E-state index is 0.323. The maximum Gasteiger partial charge on any atom is 0.0656 e. The average molecular weight is 250 g/mol. The van der Waals surface area contributed by atoms with Crippen molar-refractivity contribution in [1.82, 2.24) is 4.90 Å². The van der Waals surface area contributed by atoms with Gasteiger partial charge in [0.05, 0.1) is 6.07 Å². The first-order chi connectivity index (χ1) is 8.88. The second-order valence-corrected chi connectivity index (χ2v) is 5.80. The molecule has 18 heavy (non-hydrogen) atoms. The SMILES string of the molecule is N#CC1CCN(CCCCC2CCOCC2)CC1. The quantitative estimate of drug-likeness (QED) is 0.704. The van der Waals surface area contributed by atoms with E-state index in [1.807, 2.05) is 0 Å². The first-order valence-electron chi connectivity index (χ1n) is 7.58. The molecule has 0 saturated carbocycles. The van der Waals surface area contributed by atoms with Gasteiger partial charge >= 0.3 is 0 Å². The summed E-state index contributed by atoms with van der Waals surface area (Å²) in [6.07, 6.45) is 8.78. The lowest BCUT2D eigenvalue weighted by molar-refractivity contribution is 0.0627. The van der Waals surface area contributed by atoms with Crippen LogP contribution in [0.3, 0.4) is 0 Å². The Balaban J connectivity index is 1.49. The smallest absolute Gasteiger partial charge is 0.0656 e. The molecule has 0 spiro atoms. The molecule has 2 saturated heterocycles. The molecule has 0 aliphatic carbocycles. The van der Waals surface area contributed by atoms with Crippen LogP contribution in [0.2, 0.25) is 0 Å². The fourth-order valence-corrected chi connectivity index (χ4v) is 3.09. The normalized spacial score (nSPS) is 23.9. The molecule has 0 N–H and O–H groups in total. The molecule has 0 unspecified atom stereocenters. The topological polar surface area (TPSA) is 36.3 Å². The first kappa shape index (κ1) is 13.8. The van der Waals surface area contributed by atoms with E-state index in [0.29, 0.717) is 5.92 Å². The maximum absolute atomic E-state index is 8.86. The third-order valence-corrected chi connectivity index (χ3v) is 4.45. The van der Waals surface area contributed by atoms with E-state index in [4.69, 9.17) is 10.00 Å². The van der Waals surface area contributed by atoms with E-state index in [9.17, 15) is 0 Å². The van der Waals surface area contributed by atoms with Crippen LogP contribution in [0.15, 0.2) is 0 Å². The molecule has 2 fully saturated rings. The van der Waals surface area contributed by atoms with E-state index < -0.39 is 0 Å². The third-order valence-electron chi connectivity index (χ3n) is 4.45. The van der Waals surface area contributed by atoms with E-state index in [1.165, 1.54) is 38.6 Å². The summed E-state index contributed by atoms with van der Waals surface area (Å²) in [6, 6.07) is 2.40. The van der Waals surface area contributed by atoms with Crippen molar-refractivity contribution >= 4 is 0 Å². The van der Waals surface area contributed by atoms with Crippen LogP contribution in [0.4, 0.5) is 0 Å². The van der Waals surface area contributed by atoms with Crippen LogP contribution < -0.4 is 0 Å². The minimum atomic E-state index is 0.323. The summed E-state index contributed by atoms with van der Waals surface area (Å²) >= 11 is 0. The van der Waals surface area contributed by atoms with Crippen LogP contribution in [-0.2, 0) is 4.74 Å². The van der Waals surface area contributed by atoms with Crippen molar-refractivity contribution in [3.05, 3.63) is 0 Å². The number of ether oxygens (including phenoxy) is 1. The van der Waals surface area contributed by atoms with Crippen LogP contribution >= 0.6 is 0 Å². The Morgan fingerprint density at radius 2 is 1.78 bits per heavy atom. The lowest BCUT2D eigenvalue weighted by Crippen LogP contribution is -2.34. The van der Waals surface area contributed by atoms with E-state index in [0.717, 1.165) is 45.1 Å². The molecule has 102 valence electrons. The number of rotatable bonds is 5. The summed E-state index contributed by atoms with van der Waals surface area (Å²) in [4.78, 5) is 2.54. The van der Waals surface area contributed by atoms with Crippen molar-refractivity contribution in [1.29, 1.82) is 5.26 Å². The number of hydrogen-bond acceptors (Lipinski definition) is 3. The number of piperidine rings is 1. The Bertz CT molecular complexity index is 260. The average Bonchev–Trinajstić information content (AvgIpc) is 2.45. The fraction of sp³-hybridized carbons (Fsp3) is 0.933. The standard InChI is InChI=1S/C15H26N2O/c16-13-15-4-9-17(10-5-15)8-2-1-3-14-6-11-18-12-7-14/h14-15H,1-12H2. The number of unbranched alkanes of at least 4 members (excludes halogenated alkanes) is 1. The van der Waals surface area contributed by atoms with Crippen LogP contribution in [-0.4, -0.2) is 37.7 Å². The van der Waals surface area contributed by atoms with Gasteiger partial charge in [0.25, 0.3) is 0 Å². The van der Waals surface area contributed by atoms with Gasteiger partial charge in [-0.15, -0.1) is 0 Å². The monoisotopic (exact) mass is 250 g/mol. The van der Waals surface area contributed by atoms with Crippen molar-refractivity contribution in [2.45, 2.75) is 44.9 Å². The Morgan fingerprint density at radius 3 is 2.44 bits per heavy atom. The molecule has 2 rings (SSSR count). The van der Waals surface area contributed by atoms with Gasteiger partial charge in [-0.05, 0) is 57.7 Å². The van der Waals surface area contributed by atoms with Gasteiger partial charge < -0.3 is 9.64 Å². The number of likely N-dealkylation sites (tertiary alicyclic amines) is 1. The zero-order valence-corrected chi connectivity index (χ0v) is 11.4. The molecular weight excluding hydrogens is 224 g/mol. The Hall–Kier alpha value is -0.590. The number of nitriles is 1. The summed E-state index contributed by atoms with van der Waals surface area (Å²) in [5, 5.41) is 8.86. The molecule has 2 heterocycles. The molecule has 0 amide bonds. The number of hydrogen-bond donors (Lipinski definition) is 0. The summed E-state index contributed by atoms with van der Waals surface area (Å²) in [7, 11) is 0. The first-order valence-corrected chi connectivity index (χ1v) is 7.58. The molecule has 0 aromatic heterocycles. The Morgan fingerprint density at radius 1 is 1.06 bits per heavy atom. The second-order valence-electron chi connectivity index (χ2n) is 5.80. The Kier molecular flexibility index (Phi) is 5.96. The highest BCUT2D eigenvalue weighted by Crippen LogP contribution is 2.21. The van der Waals surface area contributed by atoms with Crippen molar-refractivity contribution in [2.75, 3.05) is 32.8 Å². The van der Waals surface area contributed by atoms with Crippen molar-refractivity contribution in [2.24, 2.45) is 11.8 Å². The lowest BCUT2D eigenvalue weighted by atomic mass is 9.94. The fourth-order valence-electron chi connectivity index (χ4n) is 3.09. The largest absolute Gasteiger partial charge is 0.381 e. The molecule has 0 aromatic rings. The van der Waals surface area contributed by atoms with Gasteiger partial charge in [-0.3, -0.25) is 0 Å². The van der Waals surface area contributed by atoms with Crippen molar-refractivity contribution in [3.63, 3.8) is 0 Å². The highest BCUT2D eigenvalue weighted by molar-refractivity contribution is 4.87.